The van der Waals surface area contributed by atoms with Gasteiger partial charge in [-0.15, -0.1) is 0 Å². The van der Waals surface area contributed by atoms with Crippen LogP contribution >= 0.6 is 0 Å². The molecule has 0 saturated heterocycles. The highest BCUT2D eigenvalue weighted by Gasteiger charge is 2.33. The lowest BCUT2D eigenvalue weighted by atomic mass is 9.93. The summed E-state index contributed by atoms with van der Waals surface area (Å²) in [6.45, 7) is 1.11. The monoisotopic (exact) mass is 280 g/mol. The number of carbonyl (C=O) groups is 3. The van der Waals surface area contributed by atoms with Gasteiger partial charge in [-0.25, -0.2) is 14.4 Å². The quantitative estimate of drug-likeness (QED) is 0.449. The first-order valence-electron chi connectivity index (χ1n) is 5.44. The largest absolute Gasteiger partial charge is 0.506 e. The third kappa shape index (κ3) is 7.68. The Bertz CT molecular complexity index is 305. The zero-order chi connectivity index (χ0) is 14.9. The molecule has 0 aliphatic carbocycles. The van der Waals surface area contributed by atoms with Gasteiger partial charge in [-0.3, -0.25) is 0 Å². The Kier molecular flexibility index (Phi) is 7.08. The van der Waals surface area contributed by atoms with Gasteiger partial charge in [0.05, 0.1) is 13.2 Å². The van der Waals surface area contributed by atoms with E-state index in [0.717, 1.165) is 0 Å². The predicted molar refractivity (Wildman–Crippen MR) is 59.3 cm³/mol. The number of ether oxygens (including phenoxy) is 3. The van der Waals surface area contributed by atoms with Gasteiger partial charge >= 0.3 is 18.5 Å². The summed E-state index contributed by atoms with van der Waals surface area (Å²) < 4.78 is 13.3. The van der Waals surface area contributed by atoms with E-state index in [1.165, 1.54) is 0 Å². The smallest absolute Gasteiger partial charge is 0.450 e. The summed E-state index contributed by atoms with van der Waals surface area (Å²) >= 11 is 0. The Balaban J connectivity index is 4.52. The van der Waals surface area contributed by atoms with E-state index in [2.05, 4.69) is 9.47 Å². The molecular formula is C10H16O9. The van der Waals surface area contributed by atoms with Crippen LogP contribution in [0.1, 0.15) is 26.2 Å². The maximum atomic E-state index is 10.6. The van der Waals surface area contributed by atoms with Gasteiger partial charge in [0.1, 0.15) is 5.60 Å². The highest BCUT2D eigenvalue weighted by atomic mass is 16.7. The summed E-state index contributed by atoms with van der Waals surface area (Å²) in [5, 5.41) is 25.3. The molecule has 0 rings (SSSR count). The average Bonchev–Trinajstić information content (AvgIpc) is 2.26. The third-order valence-electron chi connectivity index (χ3n) is 2.51. The molecule has 110 valence electrons. The second-order valence-corrected chi connectivity index (χ2v) is 3.63. The summed E-state index contributed by atoms with van der Waals surface area (Å²) in [6, 6.07) is 0. The minimum atomic E-state index is -1.53. The van der Waals surface area contributed by atoms with Crippen molar-refractivity contribution < 1.29 is 43.9 Å². The van der Waals surface area contributed by atoms with Crippen LogP contribution in [0, 0.1) is 0 Å². The van der Waals surface area contributed by atoms with E-state index in [0.29, 0.717) is 0 Å². The van der Waals surface area contributed by atoms with Crippen molar-refractivity contribution in [2.24, 2.45) is 0 Å². The highest BCUT2D eigenvalue weighted by Crippen LogP contribution is 2.25. The zero-order valence-corrected chi connectivity index (χ0v) is 10.3. The molecule has 0 aromatic heterocycles. The van der Waals surface area contributed by atoms with E-state index in [4.69, 9.17) is 20.1 Å². The molecule has 0 aliphatic rings. The first-order chi connectivity index (χ1) is 8.81. The first-order valence-corrected chi connectivity index (χ1v) is 5.44. The topological polar surface area (TPSA) is 140 Å². The summed E-state index contributed by atoms with van der Waals surface area (Å²) in [5.74, 6) is 0. The molecule has 19 heavy (non-hydrogen) atoms. The molecule has 3 N–H and O–H groups in total. The van der Waals surface area contributed by atoms with Gasteiger partial charge in [0.15, 0.2) is 0 Å². The van der Waals surface area contributed by atoms with Crippen LogP contribution in [0.3, 0.4) is 0 Å². The van der Waals surface area contributed by atoms with Gasteiger partial charge in [0.2, 0.25) is 0 Å². The van der Waals surface area contributed by atoms with Crippen LogP contribution in [0.2, 0.25) is 0 Å². The van der Waals surface area contributed by atoms with E-state index in [-0.39, 0.29) is 32.5 Å². The molecule has 0 unspecified atom stereocenters. The lowest BCUT2D eigenvalue weighted by Gasteiger charge is -2.30. The van der Waals surface area contributed by atoms with Gasteiger partial charge in [-0.2, -0.15) is 0 Å². The molecule has 0 atom stereocenters. The fourth-order valence-corrected chi connectivity index (χ4v) is 1.49. The van der Waals surface area contributed by atoms with Crippen molar-refractivity contribution in [1.82, 2.24) is 0 Å². The van der Waals surface area contributed by atoms with E-state index >= 15 is 0 Å². The van der Waals surface area contributed by atoms with Gasteiger partial charge in [0, 0.05) is 12.8 Å². The van der Waals surface area contributed by atoms with Gasteiger partial charge in [-0.05, 0) is 6.42 Å². The third-order valence-corrected chi connectivity index (χ3v) is 2.51. The molecule has 0 radical (unpaired) electrons. The standard InChI is InChI=1S/C10H16O9/c1-2-10(19-9(15)16,3-5-17-7(11)12)4-6-18-8(13)14/h2-6H2,1H3,(H,11,12)(H,13,14)(H,15,16). The van der Waals surface area contributed by atoms with Crippen LogP contribution < -0.4 is 0 Å². The Hall–Kier alpha value is -2.19. The normalized spacial score (nSPS) is 10.6. The van der Waals surface area contributed by atoms with Gasteiger partial charge in [-0.1, -0.05) is 6.92 Å². The SMILES string of the molecule is CCC(CCOC(=O)O)(CCOC(=O)O)OC(=O)O. The molecule has 9 nitrogen and oxygen atoms in total. The van der Waals surface area contributed by atoms with Crippen LogP contribution in [0.4, 0.5) is 14.4 Å². The van der Waals surface area contributed by atoms with Crippen molar-refractivity contribution in [3.05, 3.63) is 0 Å². The second kappa shape index (κ2) is 8.01. The number of carboxylic acid groups (broad SMARTS) is 3. The molecule has 0 bridgehead atoms. The summed E-state index contributed by atoms with van der Waals surface area (Å²) in [6.07, 6.45) is -4.32. The highest BCUT2D eigenvalue weighted by molar-refractivity contribution is 5.58. The molecular weight excluding hydrogens is 264 g/mol. The van der Waals surface area contributed by atoms with Crippen LogP contribution in [-0.2, 0) is 14.2 Å². The van der Waals surface area contributed by atoms with E-state index < -0.39 is 24.1 Å². The Morgan fingerprint density at radius 2 is 1.32 bits per heavy atom. The summed E-state index contributed by atoms with van der Waals surface area (Å²) in [4.78, 5) is 31.1. The van der Waals surface area contributed by atoms with Crippen molar-refractivity contribution in [1.29, 1.82) is 0 Å². The van der Waals surface area contributed by atoms with Crippen molar-refractivity contribution in [2.45, 2.75) is 31.8 Å². The molecule has 0 heterocycles. The number of hydrogen-bond acceptors (Lipinski definition) is 6. The van der Waals surface area contributed by atoms with Crippen molar-refractivity contribution >= 4 is 18.5 Å². The molecule has 0 aromatic carbocycles. The molecule has 0 aromatic rings. The number of rotatable bonds is 8. The maximum absolute atomic E-state index is 10.6. The van der Waals surface area contributed by atoms with E-state index in [1.807, 2.05) is 0 Å². The van der Waals surface area contributed by atoms with Gasteiger partial charge in [0.25, 0.3) is 0 Å². The minimum absolute atomic E-state index is 0.0227. The molecule has 0 aliphatic heterocycles. The fourth-order valence-electron chi connectivity index (χ4n) is 1.49. The summed E-state index contributed by atoms with van der Waals surface area (Å²) in [5.41, 5.74) is -1.24. The first kappa shape index (κ1) is 16.8. The van der Waals surface area contributed by atoms with Gasteiger partial charge < -0.3 is 29.5 Å². The van der Waals surface area contributed by atoms with E-state index in [1.54, 1.807) is 6.92 Å². The van der Waals surface area contributed by atoms with E-state index in [9.17, 15) is 14.4 Å². The molecule has 0 saturated carbocycles. The van der Waals surface area contributed by atoms with Crippen molar-refractivity contribution in [2.75, 3.05) is 13.2 Å². The lowest BCUT2D eigenvalue weighted by Crippen LogP contribution is -2.37. The maximum Gasteiger partial charge on any atom is 0.506 e. The fraction of sp³-hybridized carbons (Fsp3) is 0.700. The van der Waals surface area contributed by atoms with Crippen LogP contribution in [0.25, 0.3) is 0 Å². The Morgan fingerprint density at radius 3 is 1.58 bits per heavy atom. The predicted octanol–water partition coefficient (Wildman–Crippen LogP) is 2.00. The molecule has 0 spiro atoms. The second-order valence-electron chi connectivity index (χ2n) is 3.63. The minimum Gasteiger partial charge on any atom is -0.450 e. The lowest BCUT2D eigenvalue weighted by molar-refractivity contribution is -0.0529. The Labute approximate surface area is 108 Å². The molecule has 9 heteroatoms. The molecule has 0 fully saturated rings. The average molecular weight is 280 g/mol. The van der Waals surface area contributed by atoms with Crippen molar-refractivity contribution in [3.8, 4) is 0 Å². The van der Waals surface area contributed by atoms with Crippen LogP contribution in [0.5, 0.6) is 0 Å². The Morgan fingerprint density at radius 1 is 0.895 bits per heavy atom. The van der Waals surface area contributed by atoms with Crippen LogP contribution in [-0.4, -0.2) is 52.6 Å². The summed E-state index contributed by atoms with van der Waals surface area (Å²) in [7, 11) is 0. The zero-order valence-electron chi connectivity index (χ0n) is 10.3. The van der Waals surface area contributed by atoms with Crippen molar-refractivity contribution in [3.63, 3.8) is 0 Å². The number of hydrogen-bond donors (Lipinski definition) is 3. The van der Waals surface area contributed by atoms with Crippen LogP contribution in [0.15, 0.2) is 0 Å². The molecule has 0 amide bonds.